The van der Waals surface area contributed by atoms with Gasteiger partial charge >= 0.3 is 0 Å². The lowest BCUT2D eigenvalue weighted by atomic mass is 10.1. The van der Waals surface area contributed by atoms with Gasteiger partial charge in [0.1, 0.15) is 5.57 Å². The molecule has 0 bridgehead atoms. The highest BCUT2D eigenvalue weighted by molar-refractivity contribution is 7.80. The number of ether oxygens (including phenoxy) is 2. The van der Waals surface area contributed by atoms with E-state index in [1.165, 1.54) is 31.3 Å². The fourth-order valence-corrected chi connectivity index (χ4v) is 3.27. The van der Waals surface area contributed by atoms with Crippen LogP contribution in [0.15, 0.2) is 42.0 Å². The molecule has 0 unspecified atom stereocenters. The molecule has 0 aromatic heterocycles. The first-order valence-corrected chi connectivity index (χ1v) is 9.11. The summed E-state index contributed by atoms with van der Waals surface area (Å²) < 4.78 is 10.6. The Morgan fingerprint density at radius 2 is 1.82 bits per heavy atom. The van der Waals surface area contributed by atoms with Gasteiger partial charge in [-0.25, -0.2) is 0 Å². The molecular weight excluding hydrogens is 423 g/mol. The van der Waals surface area contributed by atoms with Gasteiger partial charge in [-0.2, -0.15) is 0 Å². The second-order valence-electron chi connectivity index (χ2n) is 5.64. The number of nitrogens with zero attached hydrogens (tertiary/aromatic N) is 1. The largest absolute Gasteiger partial charge is 0.493 e. The number of benzene rings is 2. The van der Waals surface area contributed by atoms with Crippen LogP contribution in [-0.4, -0.2) is 31.1 Å². The Hall–Kier alpha value is -2.61. The number of carbonyl (C=O) groups is 2. The molecule has 144 valence electrons. The SMILES string of the molecule is COc1cccc(C=C2C(=O)NC(=S)N(c3ccc(Cl)c(Cl)c3)C2=O)c1OC. The van der Waals surface area contributed by atoms with Crippen LogP contribution in [0.4, 0.5) is 5.69 Å². The van der Waals surface area contributed by atoms with Gasteiger partial charge in [0.05, 0.1) is 30.0 Å². The first kappa shape index (κ1) is 20.1. The standard InChI is InChI=1S/C19H14Cl2N2O4S/c1-26-15-5-3-4-10(16(15)27-2)8-12-17(24)22-19(28)23(18(12)25)11-6-7-13(20)14(21)9-11/h3-9H,1-2H3,(H,22,24,28). The molecule has 1 saturated heterocycles. The van der Waals surface area contributed by atoms with Crippen LogP contribution in [0, 0.1) is 0 Å². The fourth-order valence-electron chi connectivity index (χ4n) is 2.70. The predicted octanol–water partition coefficient (Wildman–Crippen LogP) is 3.84. The molecule has 1 heterocycles. The smallest absolute Gasteiger partial charge is 0.270 e. The van der Waals surface area contributed by atoms with Crippen molar-refractivity contribution in [1.82, 2.24) is 5.32 Å². The molecule has 2 amide bonds. The van der Waals surface area contributed by atoms with Crippen molar-refractivity contribution >= 4 is 64.1 Å². The van der Waals surface area contributed by atoms with Crippen molar-refractivity contribution in [2.75, 3.05) is 19.1 Å². The van der Waals surface area contributed by atoms with Crippen LogP contribution in [-0.2, 0) is 9.59 Å². The average molecular weight is 437 g/mol. The third kappa shape index (κ3) is 3.69. The summed E-state index contributed by atoms with van der Waals surface area (Å²) in [7, 11) is 2.97. The molecule has 1 aliphatic heterocycles. The Morgan fingerprint density at radius 1 is 1.07 bits per heavy atom. The Kier molecular flexibility index (Phi) is 5.88. The highest BCUT2D eigenvalue weighted by atomic mass is 35.5. The van der Waals surface area contributed by atoms with Crippen LogP contribution >= 0.6 is 35.4 Å². The van der Waals surface area contributed by atoms with E-state index in [4.69, 9.17) is 44.9 Å². The van der Waals surface area contributed by atoms with Crippen LogP contribution in [0.25, 0.3) is 6.08 Å². The fraction of sp³-hybridized carbons (Fsp3) is 0.105. The molecular formula is C19H14Cl2N2O4S. The van der Waals surface area contributed by atoms with Gasteiger partial charge in [0.15, 0.2) is 16.6 Å². The van der Waals surface area contributed by atoms with E-state index in [0.29, 0.717) is 27.8 Å². The Morgan fingerprint density at radius 3 is 2.46 bits per heavy atom. The molecule has 0 radical (unpaired) electrons. The third-order valence-corrected chi connectivity index (χ3v) is 5.02. The number of halogens is 2. The molecule has 2 aromatic carbocycles. The minimum Gasteiger partial charge on any atom is -0.493 e. The number of thiocarbonyl (C=S) groups is 1. The van der Waals surface area contributed by atoms with E-state index in [2.05, 4.69) is 5.32 Å². The zero-order valence-electron chi connectivity index (χ0n) is 14.8. The molecule has 6 nitrogen and oxygen atoms in total. The molecule has 0 spiro atoms. The van der Waals surface area contributed by atoms with E-state index in [0.717, 1.165) is 0 Å². The van der Waals surface area contributed by atoms with Crippen molar-refractivity contribution in [3.63, 3.8) is 0 Å². The molecule has 2 aromatic rings. The number of carbonyl (C=O) groups excluding carboxylic acids is 2. The zero-order valence-corrected chi connectivity index (χ0v) is 17.1. The summed E-state index contributed by atoms with van der Waals surface area (Å²) in [5.74, 6) is -0.349. The van der Waals surface area contributed by atoms with Gasteiger partial charge in [-0.05, 0) is 42.6 Å². The minimum atomic E-state index is -0.615. The molecule has 28 heavy (non-hydrogen) atoms. The van der Waals surface area contributed by atoms with Gasteiger partial charge in [-0.15, -0.1) is 0 Å². The lowest BCUT2D eigenvalue weighted by Crippen LogP contribution is -2.54. The quantitative estimate of drug-likeness (QED) is 0.447. The number of nitrogens with one attached hydrogen (secondary N) is 1. The summed E-state index contributed by atoms with van der Waals surface area (Å²) in [5, 5.41) is 3.05. The normalized spacial score (nSPS) is 15.6. The van der Waals surface area contributed by atoms with Crippen molar-refractivity contribution in [1.29, 1.82) is 0 Å². The molecule has 1 aliphatic rings. The van der Waals surface area contributed by atoms with Gasteiger partial charge in [0, 0.05) is 5.56 Å². The Balaban J connectivity index is 2.08. The molecule has 0 saturated carbocycles. The lowest BCUT2D eigenvalue weighted by molar-refractivity contribution is -0.122. The molecule has 3 rings (SSSR count). The van der Waals surface area contributed by atoms with E-state index in [-0.39, 0.29) is 15.7 Å². The maximum atomic E-state index is 13.1. The van der Waals surface area contributed by atoms with Crippen molar-refractivity contribution in [2.24, 2.45) is 0 Å². The van der Waals surface area contributed by atoms with E-state index in [1.54, 1.807) is 30.3 Å². The molecule has 9 heteroatoms. The number of hydrogen-bond acceptors (Lipinski definition) is 5. The van der Waals surface area contributed by atoms with Gasteiger partial charge in [-0.1, -0.05) is 35.3 Å². The van der Waals surface area contributed by atoms with E-state index in [9.17, 15) is 9.59 Å². The van der Waals surface area contributed by atoms with Crippen LogP contribution < -0.4 is 19.7 Å². The first-order chi connectivity index (χ1) is 13.4. The number of para-hydroxylation sites is 1. The van der Waals surface area contributed by atoms with Crippen molar-refractivity contribution < 1.29 is 19.1 Å². The maximum absolute atomic E-state index is 13.1. The second-order valence-corrected chi connectivity index (χ2v) is 6.84. The van der Waals surface area contributed by atoms with Gasteiger partial charge in [0.2, 0.25) is 0 Å². The summed E-state index contributed by atoms with van der Waals surface area (Å²) in [5.41, 5.74) is 0.765. The monoisotopic (exact) mass is 436 g/mol. The second kappa shape index (κ2) is 8.18. The zero-order chi connectivity index (χ0) is 20.4. The number of rotatable bonds is 4. The number of hydrogen-bond donors (Lipinski definition) is 1. The number of anilines is 1. The third-order valence-electron chi connectivity index (χ3n) is 4.00. The van der Waals surface area contributed by atoms with Gasteiger partial charge in [0.25, 0.3) is 11.8 Å². The predicted molar refractivity (Wildman–Crippen MR) is 112 cm³/mol. The highest BCUT2D eigenvalue weighted by Gasteiger charge is 2.35. The average Bonchev–Trinajstić information content (AvgIpc) is 2.67. The van der Waals surface area contributed by atoms with E-state index >= 15 is 0 Å². The first-order valence-electron chi connectivity index (χ1n) is 7.95. The summed E-state index contributed by atoms with van der Waals surface area (Å²) in [6.45, 7) is 0. The van der Waals surface area contributed by atoms with Crippen LogP contribution in [0.2, 0.25) is 10.0 Å². The summed E-state index contributed by atoms with van der Waals surface area (Å²) in [6.07, 6.45) is 1.42. The van der Waals surface area contributed by atoms with Crippen molar-refractivity contribution in [3.8, 4) is 11.5 Å². The van der Waals surface area contributed by atoms with Crippen LogP contribution in [0.3, 0.4) is 0 Å². The Bertz CT molecular complexity index is 1020. The van der Waals surface area contributed by atoms with Gasteiger partial charge < -0.3 is 9.47 Å². The topological polar surface area (TPSA) is 67.9 Å². The summed E-state index contributed by atoms with van der Waals surface area (Å²) in [4.78, 5) is 26.7. The van der Waals surface area contributed by atoms with Gasteiger partial charge in [-0.3, -0.25) is 19.8 Å². The highest BCUT2D eigenvalue weighted by Crippen LogP contribution is 2.34. The van der Waals surface area contributed by atoms with Crippen molar-refractivity contribution in [3.05, 3.63) is 57.6 Å². The van der Waals surface area contributed by atoms with Crippen LogP contribution in [0.5, 0.6) is 11.5 Å². The number of methoxy groups -OCH3 is 2. The lowest BCUT2D eigenvalue weighted by Gasteiger charge is -2.29. The summed E-state index contributed by atoms with van der Waals surface area (Å²) >= 11 is 17.2. The Labute approximate surface area is 176 Å². The number of amides is 2. The van der Waals surface area contributed by atoms with E-state index < -0.39 is 11.8 Å². The summed E-state index contributed by atoms with van der Waals surface area (Å²) in [6, 6.07) is 9.75. The van der Waals surface area contributed by atoms with E-state index in [1.807, 2.05) is 0 Å². The maximum Gasteiger partial charge on any atom is 0.270 e. The molecule has 0 aliphatic carbocycles. The molecule has 1 fully saturated rings. The minimum absolute atomic E-state index is 0.0526. The van der Waals surface area contributed by atoms with Crippen molar-refractivity contribution in [2.45, 2.75) is 0 Å². The molecule has 0 atom stereocenters. The van der Waals surface area contributed by atoms with Crippen LogP contribution in [0.1, 0.15) is 5.56 Å². The molecule has 1 N–H and O–H groups in total.